The first-order chi connectivity index (χ1) is 9.60. The number of aryl methyl sites for hydroxylation is 1. The number of hydrogen-bond acceptors (Lipinski definition) is 2. The van der Waals surface area contributed by atoms with E-state index in [0.29, 0.717) is 5.92 Å². The van der Waals surface area contributed by atoms with Gasteiger partial charge in [0.2, 0.25) is 0 Å². The molecule has 0 heterocycles. The summed E-state index contributed by atoms with van der Waals surface area (Å²) in [5, 5.41) is 3.16. The van der Waals surface area contributed by atoms with E-state index in [0.717, 1.165) is 18.0 Å². The smallest absolute Gasteiger partial charge is 0.131 e. The van der Waals surface area contributed by atoms with Crippen LogP contribution in [-0.4, -0.2) is 7.05 Å². The third kappa shape index (κ3) is 3.61. The van der Waals surface area contributed by atoms with Crippen LogP contribution in [0.3, 0.4) is 0 Å². The van der Waals surface area contributed by atoms with Crippen molar-refractivity contribution in [2.75, 3.05) is 7.05 Å². The number of nitrogens with one attached hydrogen (secondary N) is 1. The van der Waals surface area contributed by atoms with E-state index in [-0.39, 0.29) is 0 Å². The van der Waals surface area contributed by atoms with Gasteiger partial charge in [-0.2, -0.15) is 0 Å². The SMILES string of the molecule is CNCc1cccc(Oc2cc(C)ccc2C(C)C)c1. The number of benzene rings is 2. The zero-order valence-electron chi connectivity index (χ0n) is 12.7. The average molecular weight is 269 g/mol. The van der Waals surface area contributed by atoms with Gasteiger partial charge >= 0.3 is 0 Å². The van der Waals surface area contributed by atoms with Crippen molar-refractivity contribution in [3.8, 4) is 11.5 Å². The van der Waals surface area contributed by atoms with Crippen LogP contribution in [-0.2, 0) is 6.54 Å². The highest BCUT2D eigenvalue weighted by atomic mass is 16.5. The monoisotopic (exact) mass is 269 g/mol. The first kappa shape index (κ1) is 14.6. The fraction of sp³-hybridized carbons (Fsp3) is 0.333. The third-order valence-electron chi connectivity index (χ3n) is 3.30. The highest BCUT2D eigenvalue weighted by molar-refractivity contribution is 5.42. The van der Waals surface area contributed by atoms with Crippen molar-refractivity contribution in [3.05, 3.63) is 59.2 Å². The lowest BCUT2D eigenvalue weighted by Gasteiger charge is -2.15. The van der Waals surface area contributed by atoms with Crippen molar-refractivity contribution >= 4 is 0 Å². The minimum atomic E-state index is 0.450. The zero-order valence-corrected chi connectivity index (χ0v) is 12.7. The summed E-state index contributed by atoms with van der Waals surface area (Å²) in [5.74, 6) is 2.30. The molecule has 0 aromatic heterocycles. The molecular weight excluding hydrogens is 246 g/mol. The van der Waals surface area contributed by atoms with Gasteiger partial charge in [-0.3, -0.25) is 0 Å². The summed E-state index contributed by atoms with van der Waals surface area (Å²) in [6.45, 7) is 7.32. The van der Waals surface area contributed by atoms with E-state index in [2.05, 4.69) is 56.4 Å². The quantitative estimate of drug-likeness (QED) is 0.854. The molecule has 0 atom stereocenters. The van der Waals surface area contributed by atoms with Crippen molar-refractivity contribution in [1.82, 2.24) is 5.32 Å². The Kier molecular flexibility index (Phi) is 4.80. The summed E-state index contributed by atoms with van der Waals surface area (Å²) in [6.07, 6.45) is 0. The van der Waals surface area contributed by atoms with E-state index >= 15 is 0 Å². The second kappa shape index (κ2) is 6.58. The molecular formula is C18H23NO. The molecule has 0 bridgehead atoms. The fourth-order valence-electron chi connectivity index (χ4n) is 2.26. The van der Waals surface area contributed by atoms with Gasteiger partial charge < -0.3 is 10.1 Å². The summed E-state index contributed by atoms with van der Waals surface area (Å²) >= 11 is 0. The predicted molar refractivity (Wildman–Crippen MR) is 84.5 cm³/mol. The van der Waals surface area contributed by atoms with E-state index in [4.69, 9.17) is 4.74 Å². The highest BCUT2D eigenvalue weighted by Crippen LogP contribution is 2.31. The van der Waals surface area contributed by atoms with Crippen LogP contribution in [0, 0.1) is 6.92 Å². The molecule has 106 valence electrons. The Bertz CT molecular complexity index is 575. The molecule has 2 nitrogen and oxygen atoms in total. The summed E-state index contributed by atoms with van der Waals surface area (Å²) in [5.41, 5.74) is 3.69. The van der Waals surface area contributed by atoms with Crippen LogP contribution in [0.15, 0.2) is 42.5 Å². The van der Waals surface area contributed by atoms with Gasteiger partial charge in [0, 0.05) is 6.54 Å². The normalized spacial score (nSPS) is 10.8. The van der Waals surface area contributed by atoms with Crippen LogP contribution in [0.2, 0.25) is 0 Å². The third-order valence-corrected chi connectivity index (χ3v) is 3.30. The van der Waals surface area contributed by atoms with Crippen LogP contribution >= 0.6 is 0 Å². The van der Waals surface area contributed by atoms with Gasteiger partial charge in [0.15, 0.2) is 0 Å². The molecule has 2 aromatic carbocycles. The molecule has 0 aliphatic heterocycles. The van der Waals surface area contributed by atoms with Crippen LogP contribution in [0.1, 0.15) is 36.5 Å². The van der Waals surface area contributed by atoms with Gasteiger partial charge in [0.1, 0.15) is 11.5 Å². The molecule has 2 aromatic rings. The van der Waals surface area contributed by atoms with Gasteiger partial charge in [0.05, 0.1) is 0 Å². The molecule has 0 aliphatic carbocycles. The maximum absolute atomic E-state index is 6.11. The molecule has 0 fully saturated rings. The molecule has 0 saturated heterocycles. The highest BCUT2D eigenvalue weighted by Gasteiger charge is 2.09. The van der Waals surface area contributed by atoms with E-state index in [1.54, 1.807) is 0 Å². The summed E-state index contributed by atoms with van der Waals surface area (Å²) in [4.78, 5) is 0. The molecule has 1 N–H and O–H groups in total. The van der Waals surface area contributed by atoms with Crippen LogP contribution in [0.5, 0.6) is 11.5 Å². The molecule has 0 unspecified atom stereocenters. The van der Waals surface area contributed by atoms with Gasteiger partial charge in [-0.1, -0.05) is 38.1 Å². The lowest BCUT2D eigenvalue weighted by molar-refractivity contribution is 0.472. The van der Waals surface area contributed by atoms with Crippen molar-refractivity contribution in [2.45, 2.75) is 33.2 Å². The zero-order chi connectivity index (χ0) is 14.5. The van der Waals surface area contributed by atoms with Crippen LogP contribution in [0.4, 0.5) is 0 Å². The summed E-state index contributed by atoms with van der Waals surface area (Å²) < 4.78 is 6.11. The number of ether oxygens (including phenoxy) is 1. The van der Waals surface area contributed by atoms with Crippen molar-refractivity contribution in [3.63, 3.8) is 0 Å². The minimum absolute atomic E-state index is 0.450. The molecule has 0 amide bonds. The average Bonchev–Trinajstić information content (AvgIpc) is 2.39. The van der Waals surface area contributed by atoms with Gasteiger partial charge in [0.25, 0.3) is 0 Å². The topological polar surface area (TPSA) is 21.3 Å². The fourth-order valence-corrected chi connectivity index (χ4v) is 2.26. The molecule has 2 heteroatoms. The molecule has 0 spiro atoms. The van der Waals surface area contributed by atoms with Gasteiger partial charge in [-0.15, -0.1) is 0 Å². The van der Waals surface area contributed by atoms with Crippen LogP contribution in [0.25, 0.3) is 0 Å². The summed E-state index contributed by atoms with van der Waals surface area (Å²) in [6, 6.07) is 14.6. The Hall–Kier alpha value is -1.80. The lowest BCUT2D eigenvalue weighted by Crippen LogP contribution is -2.04. The first-order valence-electron chi connectivity index (χ1n) is 7.12. The van der Waals surface area contributed by atoms with Crippen molar-refractivity contribution in [2.24, 2.45) is 0 Å². The number of hydrogen-bond donors (Lipinski definition) is 1. The number of rotatable bonds is 5. The molecule has 0 radical (unpaired) electrons. The lowest BCUT2D eigenvalue weighted by atomic mass is 10.0. The second-order valence-corrected chi connectivity index (χ2v) is 5.48. The maximum Gasteiger partial charge on any atom is 0.131 e. The Balaban J connectivity index is 2.29. The van der Waals surface area contributed by atoms with Crippen LogP contribution < -0.4 is 10.1 Å². The maximum atomic E-state index is 6.11. The standard InChI is InChI=1S/C18H23NO/c1-13(2)17-9-8-14(3)10-18(17)20-16-7-5-6-15(11-16)12-19-4/h5-11,13,19H,12H2,1-4H3. The van der Waals surface area contributed by atoms with Crippen molar-refractivity contribution < 1.29 is 4.74 Å². The summed E-state index contributed by atoms with van der Waals surface area (Å²) in [7, 11) is 1.95. The van der Waals surface area contributed by atoms with E-state index < -0.39 is 0 Å². The predicted octanol–water partition coefficient (Wildman–Crippen LogP) is 4.63. The molecule has 20 heavy (non-hydrogen) atoms. The largest absolute Gasteiger partial charge is 0.457 e. The second-order valence-electron chi connectivity index (χ2n) is 5.48. The molecule has 0 aliphatic rings. The van der Waals surface area contributed by atoms with Gasteiger partial charge in [-0.05, 0) is 54.8 Å². The van der Waals surface area contributed by atoms with E-state index in [9.17, 15) is 0 Å². The van der Waals surface area contributed by atoms with Gasteiger partial charge in [-0.25, -0.2) is 0 Å². The Morgan fingerprint density at radius 1 is 1.10 bits per heavy atom. The van der Waals surface area contributed by atoms with Crippen molar-refractivity contribution in [1.29, 1.82) is 0 Å². The minimum Gasteiger partial charge on any atom is -0.457 e. The molecule has 0 saturated carbocycles. The Morgan fingerprint density at radius 3 is 2.60 bits per heavy atom. The van der Waals surface area contributed by atoms with E-state index in [1.165, 1.54) is 16.7 Å². The Morgan fingerprint density at radius 2 is 1.90 bits per heavy atom. The first-order valence-corrected chi connectivity index (χ1v) is 7.12. The van der Waals surface area contributed by atoms with E-state index in [1.807, 2.05) is 19.2 Å². The Labute approximate surface area is 121 Å². The molecule has 2 rings (SSSR count).